The summed E-state index contributed by atoms with van der Waals surface area (Å²) in [6.07, 6.45) is 2.69. The molecule has 7 nitrogen and oxygen atoms in total. The molecule has 1 aromatic heterocycles. The number of phenols is 1. The molecule has 2 amide bonds. The van der Waals surface area contributed by atoms with Crippen LogP contribution in [-0.2, 0) is 11.3 Å². The summed E-state index contributed by atoms with van der Waals surface area (Å²) in [5.74, 6) is -0.00537. The fourth-order valence-corrected chi connectivity index (χ4v) is 4.34. The second-order valence-corrected chi connectivity index (χ2v) is 8.39. The zero-order valence-electron chi connectivity index (χ0n) is 17.3. The first kappa shape index (κ1) is 19.5. The number of nitrogens with one attached hydrogen (secondary N) is 1. The molecule has 1 atom stereocenters. The van der Waals surface area contributed by atoms with Gasteiger partial charge in [-0.25, -0.2) is 0 Å². The topological polar surface area (TPSA) is 92.0 Å². The summed E-state index contributed by atoms with van der Waals surface area (Å²) >= 11 is 0. The molecule has 160 valence electrons. The van der Waals surface area contributed by atoms with Crippen molar-refractivity contribution >= 4 is 22.8 Å². The lowest BCUT2D eigenvalue weighted by atomic mass is 9.86. The number of ether oxygens (including phenoxy) is 1. The van der Waals surface area contributed by atoms with Gasteiger partial charge < -0.3 is 24.5 Å². The maximum atomic E-state index is 13.6. The van der Waals surface area contributed by atoms with E-state index in [1.165, 1.54) is 0 Å². The number of fused-ring (bicyclic) bond motifs is 3. The molecule has 31 heavy (non-hydrogen) atoms. The molecule has 7 heteroatoms. The van der Waals surface area contributed by atoms with Crippen LogP contribution in [0.2, 0.25) is 0 Å². The summed E-state index contributed by atoms with van der Waals surface area (Å²) in [5, 5.41) is 13.6. The highest BCUT2D eigenvalue weighted by atomic mass is 16.5. The lowest BCUT2D eigenvalue weighted by Gasteiger charge is -2.46. The first-order valence-corrected chi connectivity index (χ1v) is 10.5. The van der Waals surface area contributed by atoms with E-state index in [4.69, 9.17) is 9.15 Å². The van der Waals surface area contributed by atoms with Gasteiger partial charge in [-0.05, 0) is 44.4 Å². The van der Waals surface area contributed by atoms with Gasteiger partial charge in [0.1, 0.15) is 17.9 Å². The molecule has 0 bridgehead atoms. The quantitative estimate of drug-likeness (QED) is 0.673. The largest absolute Gasteiger partial charge is 0.508 e. The predicted octanol–water partition coefficient (Wildman–Crippen LogP) is 3.60. The number of amides is 2. The van der Waals surface area contributed by atoms with Crippen molar-refractivity contribution in [3.63, 3.8) is 0 Å². The van der Waals surface area contributed by atoms with Crippen LogP contribution >= 0.6 is 0 Å². The van der Waals surface area contributed by atoms with E-state index < -0.39 is 5.54 Å². The molecular weight excluding hydrogens is 396 g/mol. The fraction of sp³-hybridized carbons (Fsp3) is 0.333. The van der Waals surface area contributed by atoms with Gasteiger partial charge in [-0.15, -0.1) is 0 Å². The first-order valence-electron chi connectivity index (χ1n) is 10.5. The number of aromatic hydroxyl groups is 1. The lowest BCUT2D eigenvalue weighted by molar-refractivity contribution is -0.135. The number of nitrogens with zero attached hydrogens (tertiary/aromatic N) is 1. The Morgan fingerprint density at radius 2 is 1.94 bits per heavy atom. The number of carbonyl (C=O) groups excluding carboxylic acids is 2. The van der Waals surface area contributed by atoms with Gasteiger partial charge in [0, 0.05) is 18.2 Å². The Morgan fingerprint density at radius 3 is 2.68 bits per heavy atom. The molecule has 1 aliphatic heterocycles. The van der Waals surface area contributed by atoms with Crippen LogP contribution in [0.25, 0.3) is 11.0 Å². The molecule has 5 rings (SSSR count). The first-order chi connectivity index (χ1) is 15.0. The van der Waals surface area contributed by atoms with Crippen molar-refractivity contribution in [1.82, 2.24) is 10.2 Å². The normalized spacial score (nSPS) is 21.2. The Hall–Kier alpha value is -3.48. The van der Waals surface area contributed by atoms with Gasteiger partial charge in [-0.2, -0.15) is 0 Å². The van der Waals surface area contributed by atoms with Gasteiger partial charge in [-0.3, -0.25) is 9.59 Å². The van der Waals surface area contributed by atoms with Crippen molar-refractivity contribution in [1.29, 1.82) is 0 Å². The van der Waals surface area contributed by atoms with Crippen LogP contribution in [0.4, 0.5) is 0 Å². The molecule has 2 aromatic carbocycles. The molecule has 1 aliphatic carbocycles. The third-order valence-corrected chi connectivity index (χ3v) is 6.35. The maximum Gasteiger partial charge on any atom is 0.294 e. The summed E-state index contributed by atoms with van der Waals surface area (Å²) in [6.45, 7) is 1.90. The number of phenolic OH excluding ortho intramolecular Hbond substituents is 1. The fourth-order valence-electron chi connectivity index (χ4n) is 4.34. The smallest absolute Gasteiger partial charge is 0.294 e. The zero-order chi connectivity index (χ0) is 21.6. The molecule has 1 unspecified atom stereocenters. The molecule has 3 aromatic rings. The highest BCUT2D eigenvalue weighted by Crippen LogP contribution is 2.41. The number of para-hydroxylation sites is 2. The van der Waals surface area contributed by atoms with Crippen molar-refractivity contribution in [3.05, 3.63) is 59.9 Å². The van der Waals surface area contributed by atoms with E-state index in [-0.39, 0.29) is 42.5 Å². The van der Waals surface area contributed by atoms with E-state index in [0.29, 0.717) is 16.9 Å². The molecule has 1 fully saturated rings. The Balaban J connectivity index is 1.48. The average Bonchev–Trinajstić information content (AvgIpc) is 3.07. The maximum absolute atomic E-state index is 13.6. The summed E-state index contributed by atoms with van der Waals surface area (Å²) < 4.78 is 11.9. The highest BCUT2D eigenvalue weighted by Gasteiger charge is 2.51. The minimum absolute atomic E-state index is 0.0123. The van der Waals surface area contributed by atoms with Crippen molar-refractivity contribution in [2.45, 2.75) is 44.3 Å². The van der Waals surface area contributed by atoms with Crippen LogP contribution in [0.5, 0.6) is 11.5 Å². The molecule has 2 heterocycles. The van der Waals surface area contributed by atoms with E-state index in [1.807, 2.05) is 18.2 Å². The molecule has 2 N–H and O–H groups in total. The Kier molecular flexibility index (Phi) is 4.61. The second-order valence-electron chi connectivity index (χ2n) is 8.39. The van der Waals surface area contributed by atoms with E-state index in [0.717, 1.165) is 24.6 Å². The summed E-state index contributed by atoms with van der Waals surface area (Å²) in [6, 6.07) is 14.1. The van der Waals surface area contributed by atoms with Crippen LogP contribution in [0, 0.1) is 0 Å². The van der Waals surface area contributed by atoms with Gasteiger partial charge >= 0.3 is 0 Å². The number of benzene rings is 2. The average molecular weight is 420 g/mol. The van der Waals surface area contributed by atoms with E-state index in [9.17, 15) is 14.7 Å². The summed E-state index contributed by atoms with van der Waals surface area (Å²) in [7, 11) is 0. The Labute approximate surface area is 179 Å². The van der Waals surface area contributed by atoms with Gasteiger partial charge in [0.25, 0.3) is 5.91 Å². The van der Waals surface area contributed by atoms with Crippen LogP contribution < -0.4 is 10.1 Å². The Bertz CT molecular complexity index is 1170. The number of hydrogen-bond donors (Lipinski definition) is 2. The molecular formula is C24H24N2O5. The van der Waals surface area contributed by atoms with Gasteiger partial charge in [-0.1, -0.05) is 30.3 Å². The van der Waals surface area contributed by atoms with Crippen LogP contribution in [0.3, 0.4) is 0 Å². The number of furan rings is 1. The molecule has 2 aliphatic rings. The molecule has 1 saturated carbocycles. The van der Waals surface area contributed by atoms with E-state index >= 15 is 0 Å². The zero-order valence-corrected chi connectivity index (χ0v) is 17.3. The molecule has 0 radical (unpaired) electrons. The van der Waals surface area contributed by atoms with Crippen molar-refractivity contribution in [2.24, 2.45) is 0 Å². The third-order valence-electron chi connectivity index (χ3n) is 6.35. The SMILES string of the molecule is CC1(C(=O)NCc2ccccc2O)COc2c(oc3ccccc23)C(=O)N1C1CCC1. The monoisotopic (exact) mass is 420 g/mol. The standard InChI is InChI=1S/C24H24N2O5/c1-24(23(29)25-13-15-7-2-4-11-18(15)27)14-30-20-17-10-3-5-12-19(17)31-21(20)22(28)26(24)16-8-6-9-16/h2-5,7,10-12,16,27H,6,8-9,13-14H2,1H3,(H,25,29). The third kappa shape index (κ3) is 3.12. The number of rotatable bonds is 4. The Morgan fingerprint density at radius 1 is 1.19 bits per heavy atom. The van der Waals surface area contributed by atoms with Gasteiger partial charge in [0.2, 0.25) is 11.7 Å². The van der Waals surface area contributed by atoms with Crippen molar-refractivity contribution in [2.75, 3.05) is 6.61 Å². The number of carbonyl (C=O) groups is 2. The predicted molar refractivity (Wildman–Crippen MR) is 114 cm³/mol. The van der Waals surface area contributed by atoms with E-state index in [1.54, 1.807) is 42.2 Å². The van der Waals surface area contributed by atoms with E-state index in [2.05, 4.69) is 5.32 Å². The molecule has 0 spiro atoms. The van der Waals surface area contributed by atoms with Gasteiger partial charge in [0.15, 0.2) is 11.3 Å². The molecule has 0 saturated heterocycles. The highest BCUT2D eigenvalue weighted by molar-refractivity contribution is 6.05. The van der Waals surface area contributed by atoms with Crippen LogP contribution in [0.15, 0.2) is 52.9 Å². The lowest BCUT2D eigenvalue weighted by Crippen LogP contribution is -2.65. The minimum atomic E-state index is -1.21. The summed E-state index contributed by atoms with van der Waals surface area (Å²) in [5.41, 5.74) is -0.0229. The number of hydrogen-bond acceptors (Lipinski definition) is 5. The summed E-state index contributed by atoms with van der Waals surface area (Å²) in [4.78, 5) is 28.7. The van der Waals surface area contributed by atoms with Crippen LogP contribution in [-0.4, -0.2) is 40.0 Å². The van der Waals surface area contributed by atoms with Crippen molar-refractivity contribution in [3.8, 4) is 11.5 Å². The van der Waals surface area contributed by atoms with Crippen molar-refractivity contribution < 1.29 is 23.8 Å². The van der Waals surface area contributed by atoms with Gasteiger partial charge in [0.05, 0.1) is 5.39 Å². The second kappa shape index (κ2) is 7.34. The van der Waals surface area contributed by atoms with Crippen LogP contribution in [0.1, 0.15) is 42.3 Å². The minimum Gasteiger partial charge on any atom is -0.508 e.